The molecule has 0 aliphatic rings. The third-order valence-electron chi connectivity index (χ3n) is 3.33. The summed E-state index contributed by atoms with van der Waals surface area (Å²) in [5, 5.41) is 6.09. The molecular formula is C18H16F3N3O2. The second-order valence-corrected chi connectivity index (χ2v) is 5.47. The number of aryl methyl sites for hydroxylation is 1. The van der Waals surface area contributed by atoms with E-state index in [4.69, 9.17) is 0 Å². The van der Waals surface area contributed by atoms with Crippen LogP contribution in [0, 0.1) is 6.92 Å². The van der Waals surface area contributed by atoms with E-state index in [1.54, 1.807) is 18.2 Å². The number of carbonyl (C=O) groups excluding carboxylic acids is 2. The third kappa shape index (κ3) is 5.73. The fourth-order valence-corrected chi connectivity index (χ4v) is 2.03. The van der Waals surface area contributed by atoms with Crippen molar-refractivity contribution in [2.45, 2.75) is 13.1 Å². The largest absolute Gasteiger partial charge is 0.416 e. The smallest absolute Gasteiger partial charge is 0.343 e. The average Bonchev–Trinajstić information content (AvgIpc) is 2.59. The first-order valence-corrected chi connectivity index (χ1v) is 7.60. The molecule has 0 bridgehead atoms. The molecule has 8 heteroatoms. The molecule has 0 heterocycles. The molecule has 0 radical (unpaired) electrons. The predicted molar refractivity (Wildman–Crippen MR) is 90.7 cm³/mol. The topological polar surface area (TPSA) is 70.6 Å². The number of rotatable bonds is 5. The van der Waals surface area contributed by atoms with Gasteiger partial charge in [0.15, 0.2) is 0 Å². The lowest BCUT2D eigenvalue weighted by atomic mass is 10.1. The Balaban J connectivity index is 1.81. The average molecular weight is 363 g/mol. The second kappa shape index (κ2) is 8.28. The minimum absolute atomic E-state index is 0.281. The highest BCUT2D eigenvalue weighted by atomic mass is 19.4. The number of nitrogens with zero attached hydrogens (tertiary/aromatic N) is 1. The van der Waals surface area contributed by atoms with Crippen molar-refractivity contribution >= 4 is 18.0 Å². The Labute approximate surface area is 147 Å². The quantitative estimate of drug-likeness (QED) is 0.633. The Morgan fingerprint density at radius 2 is 1.81 bits per heavy atom. The van der Waals surface area contributed by atoms with Crippen LogP contribution in [0.1, 0.15) is 27.0 Å². The van der Waals surface area contributed by atoms with Crippen LogP contribution in [0.15, 0.2) is 53.6 Å². The highest BCUT2D eigenvalue weighted by Crippen LogP contribution is 2.28. The lowest BCUT2D eigenvalue weighted by Gasteiger charge is -2.06. The molecule has 0 saturated carbocycles. The fraction of sp³-hybridized carbons (Fsp3) is 0.167. The van der Waals surface area contributed by atoms with Crippen molar-refractivity contribution < 1.29 is 22.8 Å². The third-order valence-corrected chi connectivity index (χ3v) is 3.33. The van der Waals surface area contributed by atoms with Crippen molar-refractivity contribution in [2.24, 2.45) is 5.10 Å². The molecule has 2 amide bonds. The Bertz CT molecular complexity index is 815. The zero-order chi connectivity index (χ0) is 19.2. The van der Waals surface area contributed by atoms with Crippen molar-refractivity contribution in [3.63, 3.8) is 0 Å². The Morgan fingerprint density at radius 1 is 1.12 bits per heavy atom. The van der Waals surface area contributed by atoms with Crippen LogP contribution in [0.4, 0.5) is 13.2 Å². The Hall–Kier alpha value is -3.16. The standard InChI is InChI=1S/C18H16F3N3O2/c1-12-3-2-4-14(9-12)17(26)22-11-16(25)24-23-10-13-5-7-15(8-6-13)18(19,20)21/h2-10H,11H2,1H3,(H,22,26)(H,24,25)/b23-10+. The summed E-state index contributed by atoms with van der Waals surface area (Å²) in [7, 11) is 0. The van der Waals surface area contributed by atoms with E-state index in [1.165, 1.54) is 18.3 Å². The maximum absolute atomic E-state index is 12.4. The number of benzene rings is 2. The summed E-state index contributed by atoms with van der Waals surface area (Å²) in [5.41, 5.74) is 3.17. The first-order chi connectivity index (χ1) is 12.3. The van der Waals surface area contributed by atoms with Crippen LogP contribution >= 0.6 is 0 Å². The van der Waals surface area contributed by atoms with Gasteiger partial charge in [-0.3, -0.25) is 9.59 Å². The molecule has 0 aliphatic heterocycles. The Kier molecular flexibility index (Phi) is 6.11. The van der Waals surface area contributed by atoms with E-state index in [9.17, 15) is 22.8 Å². The van der Waals surface area contributed by atoms with Crippen LogP contribution in [0.25, 0.3) is 0 Å². The van der Waals surface area contributed by atoms with Gasteiger partial charge in [0.05, 0.1) is 18.3 Å². The predicted octanol–water partition coefficient (Wildman–Crippen LogP) is 2.89. The fourth-order valence-electron chi connectivity index (χ4n) is 2.03. The normalized spacial score (nSPS) is 11.4. The molecule has 2 aromatic carbocycles. The van der Waals surface area contributed by atoms with Gasteiger partial charge in [-0.1, -0.05) is 29.8 Å². The number of nitrogens with one attached hydrogen (secondary N) is 2. The summed E-state index contributed by atoms with van der Waals surface area (Å²) in [6.07, 6.45) is -3.19. The van der Waals surface area contributed by atoms with Gasteiger partial charge in [0.25, 0.3) is 11.8 Å². The molecule has 0 spiro atoms. The Morgan fingerprint density at radius 3 is 2.42 bits per heavy atom. The van der Waals surface area contributed by atoms with Crippen LogP contribution in [-0.2, 0) is 11.0 Å². The lowest BCUT2D eigenvalue weighted by Crippen LogP contribution is -2.34. The van der Waals surface area contributed by atoms with Crippen LogP contribution in [0.3, 0.4) is 0 Å². The van der Waals surface area contributed by atoms with Crippen molar-refractivity contribution in [3.05, 3.63) is 70.8 Å². The van der Waals surface area contributed by atoms with Crippen LogP contribution in [0.5, 0.6) is 0 Å². The summed E-state index contributed by atoms with van der Waals surface area (Å²) in [5.74, 6) is -0.954. The number of halogens is 3. The summed E-state index contributed by atoms with van der Waals surface area (Å²) in [6.45, 7) is 1.57. The van der Waals surface area contributed by atoms with Gasteiger partial charge in [-0.2, -0.15) is 18.3 Å². The van der Waals surface area contributed by atoms with Gasteiger partial charge >= 0.3 is 6.18 Å². The van der Waals surface area contributed by atoms with Gasteiger partial charge in [-0.05, 0) is 36.8 Å². The minimum Gasteiger partial charge on any atom is -0.343 e. The first-order valence-electron chi connectivity index (χ1n) is 7.60. The zero-order valence-corrected chi connectivity index (χ0v) is 13.8. The van der Waals surface area contributed by atoms with E-state index in [2.05, 4.69) is 15.8 Å². The van der Waals surface area contributed by atoms with Gasteiger partial charge in [-0.25, -0.2) is 5.43 Å². The molecule has 26 heavy (non-hydrogen) atoms. The molecule has 0 aromatic heterocycles. The number of alkyl halides is 3. The van der Waals surface area contributed by atoms with Gasteiger partial charge in [0.2, 0.25) is 0 Å². The number of hydrogen-bond donors (Lipinski definition) is 2. The van der Waals surface area contributed by atoms with Crippen molar-refractivity contribution in [2.75, 3.05) is 6.54 Å². The molecule has 0 unspecified atom stereocenters. The molecule has 136 valence electrons. The van der Waals surface area contributed by atoms with Gasteiger partial charge < -0.3 is 5.32 Å². The molecule has 0 saturated heterocycles. The van der Waals surface area contributed by atoms with Crippen LogP contribution < -0.4 is 10.7 Å². The van der Waals surface area contributed by atoms with Gasteiger partial charge in [0, 0.05) is 5.56 Å². The molecule has 5 nitrogen and oxygen atoms in total. The highest BCUT2D eigenvalue weighted by Gasteiger charge is 2.29. The van der Waals surface area contributed by atoms with Crippen LogP contribution in [-0.4, -0.2) is 24.6 Å². The molecule has 2 N–H and O–H groups in total. The first kappa shape index (κ1) is 19.2. The number of hydrogen-bond acceptors (Lipinski definition) is 3. The maximum Gasteiger partial charge on any atom is 0.416 e. The van der Waals surface area contributed by atoms with E-state index >= 15 is 0 Å². The molecular weight excluding hydrogens is 347 g/mol. The molecule has 0 atom stereocenters. The SMILES string of the molecule is Cc1cccc(C(=O)NCC(=O)N/N=C/c2ccc(C(F)(F)F)cc2)c1. The van der Waals surface area contributed by atoms with E-state index in [1.807, 2.05) is 13.0 Å². The van der Waals surface area contributed by atoms with E-state index < -0.39 is 23.6 Å². The summed E-state index contributed by atoms with van der Waals surface area (Å²) < 4.78 is 37.3. The van der Waals surface area contributed by atoms with E-state index in [-0.39, 0.29) is 6.54 Å². The zero-order valence-electron chi connectivity index (χ0n) is 13.8. The van der Waals surface area contributed by atoms with Crippen molar-refractivity contribution in [1.29, 1.82) is 0 Å². The van der Waals surface area contributed by atoms with Crippen LogP contribution in [0.2, 0.25) is 0 Å². The van der Waals surface area contributed by atoms with E-state index in [0.717, 1.165) is 17.7 Å². The number of amides is 2. The van der Waals surface area contributed by atoms with Crippen molar-refractivity contribution in [1.82, 2.24) is 10.7 Å². The molecule has 0 fully saturated rings. The van der Waals surface area contributed by atoms with Crippen molar-refractivity contribution in [3.8, 4) is 0 Å². The van der Waals surface area contributed by atoms with E-state index in [0.29, 0.717) is 11.1 Å². The summed E-state index contributed by atoms with van der Waals surface area (Å²) in [6, 6.07) is 11.2. The monoisotopic (exact) mass is 363 g/mol. The maximum atomic E-state index is 12.4. The number of hydrazone groups is 1. The summed E-state index contributed by atoms with van der Waals surface area (Å²) >= 11 is 0. The molecule has 2 rings (SSSR count). The highest BCUT2D eigenvalue weighted by molar-refractivity contribution is 5.96. The molecule has 2 aromatic rings. The lowest BCUT2D eigenvalue weighted by molar-refractivity contribution is -0.137. The summed E-state index contributed by atoms with van der Waals surface area (Å²) in [4.78, 5) is 23.5. The second-order valence-electron chi connectivity index (χ2n) is 5.47. The minimum atomic E-state index is -4.40. The number of carbonyl (C=O) groups is 2. The van der Waals surface area contributed by atoms with Gasteiger partial charge in [-0.15, -0.1) is 0 Å². The van der Waals surface area contributed by atoms with Gasteiger partial charge in [0.1, 0.15) is 0 Å². The molecule has 0 aliphatic carbocycles.